The Kier molecular flexibility index (Phi) is 8.57. The van der Waals surface area contributed by atoms with Crippen molar-refractivity contribution in [2.45, 2.75) is 0 Å². The van der Waals surface area contributed by atoms with Gasteiger partial charge in [0, 0.05) is 55.1 Å². The van der Waals surface area contributed by atoms with E-state index < -0.39 is 0 Å². The van der Waals surface area contributed by atoms with Crippen LogP contribution in [0.25, 0.3) is 107 Å². The second-order valence-electron chi connectivity index (χ2n) is 14.7. The average Bonchev–Trinajstić information content (AvgIpc) is 3.71. The molecule has 1 N–H and O–H groups in total. The maximum absolute atomic E-state index is 8.63. The first-order valence-corrected chi connectivity index (χ1v) is 20.0. The molecular formula is C52H32N6OS. The van der Waals surface area contributed by atoms with Gasteiger partial charge in [-0.2, -0.15) is 0 Å². The van der Waals surface area contributed by atoms with E-state index in [1.807, 2.05) is 84.9 Å². The number of pyridine rings is 1. The predicted molar refractivity (Wildman–Crippen MR) is 247 cm³/mol. The van der Waals surface area contributed by atoms with E-state index in [2.05, 4.69) is 108 Å². The molecule has 0 unspecified atom stereocenters. The molecule has 7 nitrogen and oxygen atoms in total. The Morgan fingerprint density at radius 3 is 1.82 bits per heavy atom. The van der Waals surface area contributed by atoms with Gasteiger partial charge in [0.05, 0.1) is 16.9 Å². The van der Waals surface area contributed by atoms with Crippen molar-refractivity contribution in [3.63, 3.8) is 0 Å². The monoisotopic (exact) mass is 788 g/mol. The Bertz CT molecular complexity index is 3390. The Balaban J connectivity index is 1.00. The van der Waals surface area contributed by atoms with Crippen LogP contribution in [0.5, 0.6) is 0 Å². The van der Waals surface area contributed by atoms with Crippen LogP contribution in [-0.4, -0.2) is 31.4 Å². The van der Waals surface area contributed by atoms with Crippen LogP contribution in [0, 0.1) is 5.41 Å². The molecule has 8 heteroatoms. The number of nitrogens with zero attached hydrogens (tertiary/aromatic N) is 5. The molecule has 1 aliphatic rings. The minimum absolute atomic E-state index is 0.309. The number of hydrogen-bond acceptors (Lipinski definition) is 8. The Labute approximate surface area is 350 Å². The summed E-state index contributed by atoms with van der Waals surface area (Å²) in [6.45, 7) is 0. The summed E-state index contributed by atoms with van der Waals surface area (Å²) in [6.07, 6.45) is 3.71. The Hall–Kier alpha value is -7.81. The van der Waals surface area contributed by atoms with Crippen LogP contribution < -0.4 is 0 Å². The van der Waals surface area contributed by atoms with Crippen LogP contribution in [0.2, 0.25) is 0 Å². The number of para-hydroxylation sites is 2. The van der Waals surface area contributed by atoms with Gasteiger partial charge in [0.15, 0.2) is 17.5 Å². The molecule has 0 amide bonds. The van der Waals surface area contributed by atoms with Crippen molar-refractivity contribution in [1.29, 1.82) is 5.41 Å². The molecule has 0 atom stereocenters. The number of allylic oxidation sites excluding steroid dienone is 1. The third-order valence-electron chi connectivity index (χ3n) is 11.1. The highest BCUT2D eigenvalue weighted by molar-refractivity contribution is 7.79. The van der Waals surface area contributed by atoms with Crippen LogP contribution in [0.15, 0.2) is 185 Å². The van der Waals surface area contributed by atoms with Gasteiger partial charge in [-0.25, -0.2) is 24.3 Å². The van der Waals surface area contributed by atoms with Gasteiger partial charge in [0.1, 0.15) is 16.9 Å². The van der Waals surface area contributed by atoms with Crippen LogP contribution >= 0.6 is 12.8 Å². The maximum atomic E-state index is 8.63. The molecule has 0 bridgehead atoms. The van der Waals surface area contributed by atoms with Gasteiger partial charge in [0.2, 0.25) is 0 Å². The molecule has 0 saturated heterocycles. The van der Waals surface area contributed by atoms with E-state index >= 15 is 0 Å². The highest BCUT2D eigenvalue weighted by Crippen LogP contribution is 2.38. The fourth-order valence-electron chi connectivity index (χ4n) is 8.14. The summed E-state index contributed by atoms with van der Waals surface area (Å²) in [4.78, 5) is 20.3. The normalized spacial score (nSPS) is 13.1. The van der Waals surface area contributed by atoms with Crippen molar-refractivity contribution in [1.82, 2.24) is 19.9 Å². The molecule has 60 heavy (non-hydrogen) atoms. The molecule has 1 aliphatic carbocycles. The number of nitrogens with one attached hydrogen (secondary N) is 1. The SMILES string of the molecule is N=C1C=Cc2c(-c3ccccc3)nc3cc(-c4cccc(-c5nc(-c6ccccc6)nc(-c6ccc(-c7cccc8c7oc7ccccc78)cc6)n5)c4)ccc3c2C1=NS. The lowest BCUT2D eigenvalue weighted by Crippen LogP contribution is -2.18. The van der Waals surface area contributed by atoms with Gasteiger partial charge >= 0.3 is 0 Å². The van der Waals surface area contributed by atoms with E-state index in [-0.39, 0.29) is 0 Å². The smallest absolute Gasteiger partial charge is 0.164 e. The number of rotatable bonds is 6. The van der Waals surface area contributed by atoms with Gasteiger partial charge < -0.3 is 4.42 Å². The number of thiol groups is 1. The largest absolute Gasteiger partial charge is 0.455 e. The number of hydrogen-bond donors (Lipinski definition) is 2. The number of aromatic nitrogens is 4. The fraction of sp³-hybridized carbons (Fsp3) is 0. The second-order valence-corrected chi connectivity index (χ2v) is 14.9. The zero-order valence-electron chi connectivity index (χ0n) is 31.9. The van der Waals surface area contributed by atoms with E-state index in [0.29, 0.717) is 28.9 Å². The van der Waals surface area contributed by atoms with Gasteiger partial charge in [-0.05, 0) is 59.9 Å². The fourth-order valence-corrected chi connectivity index (χ4v) is 8.35. The lowest BCUT2D eigenvalue weighted by atomic mass is 9.87. The van der Waals surface area contributed by atoms with Crippen molar-refractivity contribution < 1.29 is 4.42 Å². The Morgan fingerprint density at radius 2 is 1.05 bits per heavy atom. The van der Waals surface area contributed by atoms with Crippen molar-refractivity contribution in [2.24, 2.45) is 4.40 Å². The van der Waals surface area contributed by atoms with Gasteiger partial charge in [-0.3, -0.25) is 5.41 Å². The summed E-state index contributed by atoms with van der Waals surface area (Å²) in [6, 6.07) is 57.4. The number of fused-ring (bicyclic) bond motifs is 6. The highest BCUT2D eigenvalue weighted by atomic mass is 32.1. The van der Waals surface area contributed by atoms with Crippen LogP contribution in [0.1, 0.15) is 11.1 Å². The summed E-state index contributed by atoms with van der Waals surface area (Å²) in [7, 11) is 0. The molecule has 0 fully saturated rings. The lowest BCUT2D eigenvalue weighted by molar-refractivity contribution is 0.670. The topological polar surface area (TPSA) is 101 Å². The standard InChI is InChI=1S/C52H32N6OS/c53-43-28-27-42-46(48(43)58-60)41-26-25-36(30-44(41)54-47(42)32-11-3-1-4-12-32)35-15-9-16-37(29-35)52-56-50(33-13-5-2-6-14-33)55-51(57-52)34-23-21-31(22-24-34)38-18-10-19-40-39-17-7-8-20-45(39)59-49(38)40/h1-30,53,60H. The first-order valence-electron chi connectivity index (χ1n) is 19.6. The molecule has 3 aromatic heterocycles. The highest BCUT2D eigenvalue weighted by Gasteiger charge is 2.24. The molecule has 0 aliphatic heterocycles. The van der Waals surface area contributed by atoms with Crippen LogP contribution in [0.3, 0.4) is 0 Å². The number of furan rings is 1. The minimum Gasteiger partial charge on any atom is -0.455 e. The molecule has 282 valence electrons. The van der Waals surface area contributed by atoms with E-state index in [0.717, 1.165) is 94.2 Å². The molecule has 0 spiro atoms. The van der Waals surface area contributed by atoms with Crippen molar-refractivity contribution in [2.75, 3.05) is 0 Å². The second kappa shape index (κ2) is 14.5. The molecule has 7 aromatic carbocycles. The van der Waals surface area contributed by atoms with Crippen LogP contribution in [0.4, 0.5) is 0 Å². The van der Waals surface area contributed by atoms with E-state index in [1.54, 1.807) is 6.08 Å². The minimum atomic E-state index is 0.309. The van der Waals surface area contributed by atoms with Crippen LogP contribution in [-0.2, 0) is 0 Å². The van der Waals surface area contributed by atoms with Gasteiger partial charge in [-0.1, -0.05) is 152 Å². The summed E-state index contributed by atoms with van der Waals surface area (Å²) in [5, 5.41) is 11.7. The molecular weight excluding hydrogens is 757 g/mol. The molecule has 0 saturated carbocycles. The van der Waals surface area contributed by atoms with E-state index in [1.165, 1.54) is 0 Å². The summed E-state index contributed by atoms with van der Waals surface area (Å²) >= 11 is 4.29. The molecule has 10 aromatic rings. The van der Waals surface area contributed by atoms with Gasteiger partial charge in [0.25, 0.3) is 0 Å². The Morgan fingerprint density at radius 1 is 0.467 bits per heavy atom. The third kappa shape index (κ3) is 6.09. The predicted octanol–water partition coefficient (Wildman–Crippen LogP) is 13.0. The third-order valence-corrected chi connectivity index (χ3v) is 11.3. The van der Waals surface area contributed by atoms with E-state index in [4.69, 9.17) is 29.8 Å². The summed E-state index contributed by atoms with van der Waals surface area (Å²) < 4.78 is 10.6. The maximum Gasteiger partial charge on any atom is 0.164 e. The van der Waals surface area contributed by atoms with Gasteiger partial charge in [-0.15, -0.1) is 0 Å². The van der Waals surface area contributed by atoms with Crippen molar-refractivity contribution in [3.8, 4) is 67.7 Å². The summed E-state index contributed by atoms with van der Waals surface area (Å²) in [5.74, 6) is 1.73. The zero-order chi connectivity index (χ0) is 40.2. The quantitative estimate of drug-likeness (QED) is 0.163. The van der Waals surface area contributed by atoms with E-state index in [9.17, 15) is 0 Å². The van der Waals surface area contributed by atoms with Crippen molar-refractivity contribution in [3.05, 3.63) is 187 Å². The number of benzene rings is 7. The first-order chi connectivity index (χ1) is 29.6. The average molecular weight is 789 g/mol. The summed E-state index contributed by atoms with van der Waals surface area (Å²) in [5.41, 5.74) is 13.6. The molecule has 3 heterocycles. The molecule has 0 radical (unpaired) electrons. The lowest BCUT2D eigenvalue weighted by Gasteiger charge is -2.20. The first kappa shape index (κ1) is 35.4. The van der Waals surface area contributed by atoms with Crippen molar-refractivity contribution >= 4 is 63.2 Å². The zero-order valence-corrected chi connectivity index (χ0v) is 32.8. The molecule has 11 rings (SSSR count).